The number of anilines is 1. The van der Waals surface area contributed by atoms with Crippen LogP contribution in [-0.4, -0.2) is 33.8 Å². The number of rotatable bonds is 9. The van der Waals surface area contributed by atoms with E-state index in [1.807, 2.05) is 31.2 Å². The van der Waals surface area contributed by atoms with Gasteiger partial charge in [0.25, 0.3) is 5.91 Å². The molecule has 0 aromatic heterocycles. The van der Waals surface area contributed by atoms with Gasteiger partial charge in [-0.1, -0.05) is 0 Å². The molecule has 162 valence electrons. The number of methoxy groups -OCH3 is 3. The number of nitrogens with one attached hydrogen (secondary N) is 1. The summed E-state index contributed by atoms with van der Waals surface area (Å²) < 4.78 is 27.1. The van der Waals surface area contributed by atoms with Gasteiger partial charge in [-0.3, -0.25) is 4.79 Å². The minimum atomic E-state index is -0.306. The van der Waals surface area contributed by atoms with Gasteiger partial charge in [0, 0.05) is 11.3 Å². The van der Waals surface area contributed by atoms with Crippen molar-refractivity contribution in [3.63, 3.8) is 0 Å². The second-order valence-corrected chi connectivity index (χ2v) is 6.40. The first-order valence-electron chi connectivity index (χ1n) is 9.70. The van der Waals surface area contributed by atoms with Crippen molar-refractivity contribution in [2.24, 2.45) is 0 Å². The Hall–Kier alpha value is -3.87. The van der Waals surface area contributed by atoms with Gasteiger partial charge in [0.2, 0.25) is 5.75 Å². The number of carbonyl (C=O) groups is 1. The van der Waals surface area contributed by atoms with Crippen molar-refractivity contribution >= 4 is 11.6 Å². The fourth-order valence-corrected chi connectivity index (χ4v) is 2.93. The van der Waals surface area contributed by atoms with E-state index in [2.05, 4.69) is 5.32 Å². The van der Waals surface area contributed by atoms with Crippen LogP contribution in [0.4, 0.5) is 5.69 Å². The summed E-state index contributed by atoms with van der Waals surface area (Å²) in [4.78, 5) is 12.7. The molecule has 0 aliphatic heterocycles. The average Bonchev–Trinajstić information content (AvgIpc) is 2.80. The lowest BCUT2D eigenvalue weighted by Gasteiger charge is -2.14. The predicted octanol–water partition coefficient (Wildman–Crippen LogP) is 5.16. The molecule has 0 unspecified atom stereocenters. The summed E-state index contributed by atoms with van der Waals surface area (Å²) in [6.07, 6.45) is 0. The molecular formula is C24H25NO6. The Bertz CT molecular complexity index is 990. The van der Waals surface area contributed by atoms with Crippen LogP contribution in [0.15, 0.2) is 60.7 Å². The molecule has 0 aliphatic carbocycles. The van der Waals surface area contributed by atoms with Gasteiger partial charge in [-0.2, -0.15) is 0 Å². The number of ether oxygens (including phenoxy) is 5. The molecule has 7 nitrogen and oxygen atoms in total. The smallest absolute Gasteiger partial charge is 0.255 e. The van der Waals surface area contributed by atoms with Crippen LogP contribution in [-0.2, 0) is 0 Å². The molecular weight excluding hydrogens is 398 g/mol. The van der Waals surface area contributed by atoms with Gasteiger partial charge >= 0.3 is 0 Å². The summed E-state index contributed by atoms with van der Waals surface area (Å²) in [5.41, 5.74) is 1.00. The first-order chi connectivity index (χ1) is 15.1. The third-order valence-electron chi connectivity index (χ3n) is 4.41. The van der Waals surface area contributed by atoms with E-state index in [9.17, 15) is 4.79 Å². The molecule has 0 saturated carbocycles. The normalized spacial score (nSPS) is 10.2. The maximum Gasteiger partial charge on any atom is 0.255 e. The number of carbonyl (C=O) groups excluding carboxylic acids is 1. The van der Waals surface area contributed by atoms with Crippen LogP contribution >= 0.6 is 0 Å². The van der Waals surface area contributed by atoms with Crippen molar-refractivity contribution in [2.45, 2.75) is 6.92 Å². The number of benzene rings is 3. The molecule has 0 atom stereocenters. The van der Waals surface area contributed by atoms with E-state index in [4.69, 9.17) is 23.7 Å². The van der Waals surface area contributed by atoms with E-state index < -0.39 is 0 Å². The highest BCUT2D eigenvalue weighted by Crippen LogP contribution is 2.38. The number of hydrogen-bond acceptors (Lipinski definition) is 6. The van der Waals surface area contributed by atoms with Crippen molar-refractivity contribution in [2.75, 3.05) is 33.3 Å². The standard InChI is InChI=1S/C24H25NO6/c1-5-30-18-10-12-20(13-11-18)31-19-8-6-17(7-9-19)25-24(26)16-14-21(27-2)23(29-4)22(15-16)28-3/h6-15H,5H2,1-4H3,(H,25,26). The van der Waals surface area contributed by atoms with Crippen LogP contribution in [0.3, 0.4) is 0 Å². The van der Waals surface area contributed by atoms with Crippen molar-refractivity contribution in [1.82, 2.24) is 0 Å². The highest BCUT2D eigenvalue weighted by molar-refractivity contribution is 6.05. The largest absolute Gasteiger partial charge is 0.494 e. The first-order valence-corrected chi connectivity index (χ1v) is 9.70. The molecule has 0 fully saturated rings. The van der Waals surface area contributed by atoms with Crippen LogP contribution in [0.2, 0.25) is 0 Å². The maximum absolute atomic E-state index is 12.7. The van der Waals surface area contributed by atoms with Gasteiger partial charge < -0.3 is 29.0 Å². The molecule has 0 radical (unpaired) electrons. The van der Waals surface area contributed by atoms with Crippen molar-refractivity contribution in [3.05, 3.63) is 66.2 Å². The predicted molar refractivity (Wildman–Crippen MR) is 118 cm³/mol. The van der Waals surface area contributed by atoms with E-state index >= 15 is 0 Å². The highest BCUT2D eigenvalue weighted by atomic mass is 16.5. The fraction of sp³-hybridized carbons (Fsp3) is 0.208. The molecule has 1 N–H and O–H groups in total. The molecule has 0 spiro atoms. The highest BCUT2D eigenvalue weighted by Gasteiger charge is 2.17. The molecule has 3 rings (SSSR count). The molecule has 3 aromatic carbocycles. The zero-order chi connectivity index (χ0) is 22.2. The summed E-state index contributed by atoms with van der Waals surface area (Å²) in [5.74, 6) is 3.07. The summed E-state index contributed by atoms with van der Waals surface area (Å²) in [7, 11) is 4.52. The Labute approximate surface area is 181 Å². The summed E-state index contributed by atoms with van der Waals surface area (Å²) >= 11 is 0. The quantitative estimate of drug-likeness (QED) is 0.513. The molecule has 31 heavy (non-hydrogen) atoms. The molecule has 7 heteroatoms. The van der Waals surface area contributed by atoms with E-state index in [0.717, 1.165) is 5.75 Å². The third kappa shape index (κ3) is 5.39. The van der Waals surface area contributed by atoms with Gasteiger partial charge in [0.15, 0.2) is 11.5 Å². The van der Waals surface area contributed by atoms with Crippen LogP contribution in [0.25, 0.3) is 0 Å². The Kier molecular flexibility index (Phi) is 7.22. The topological polar surface area (TPSA) is 75.3 Å². The van der Waals surface area contributed by atoms with Gasteiger partial charge in [-0.15, -0.1) is 0 Å². The maximum atomic E-state index is 12.7. The van der Waals surface area contributed by atoms with Crippen LogP contribution in [0.1, 0.15) is 17.3 Å². The number of hydrogen-bond donors (Lipinski definition) is 1. The Morgan fingerprint density at radius 3 is 1.77 bits per heavy atom. The zero-order valence-corrected chi connectivity index (χ0v) is 17.9. The number of amides is 1. The Morgan fingerprint density at radius 2 is 1.29 bits per heavy atom. The van der Waals surface area contributed by atoms with Crippen LogP contribution < -0.4 is 29.0 Å². The van der Waals surface area contributed by atoms with Gasteiger partial charge in [0.1, 0.15) is 17.2 Å². The molecule has 3 aromatic rings. The summed E-state index contributed by atoms with van der Waals surface area (Å²) in [6.45, 7) is 2.55. The van der Waals surface area contributed by atoms with E-state index in [0.29, 0.717) is 46.6 Å². The Morgan fingerprint density at radius 1 is 0.774 bits per heavy atom. The van der Waals surface area contributed by atoms with Crippen LogP contribution in [0.5, 0.6) is 34.5 Å². The molecule has 0 heterocycles. The van der Waals surface area contributed by atoms with E-state index in [1.54, 1.807) is 36.4 Å². The monoisotopic (exact) mass is 423 g/mol. The SMILES string of the molecule is CCOc1ccc(Oc2ccc(NC(=O)c3cc(OC)c(OC)c(OC)c3)cc2)cc1. The molecule has 0 aliphatic rings. The Balaban J connectivity index is 1.68. The first kappa shape index (κ1) is 21.8. The van der Waals surface area contributed by atoms with E-state index in [-0.39, 0.29) is 5.91 Å². The zero-order valence-electron chi connectivity index (χ0n) is 17.9. The van der Waals surface area contributed by atoms with E-state index in [1.165, 1.54) is 21.3 Å². The lowest BCUT2D eigenvalue weighted by molar-refractivity contribution is 0.102. The van der Waals surface area contributed by atoms with Crippen molar-refractivity contribution in [3.8, 4) is 34.5 Å². The lowest BCUT2D eigenvalue weighted by Crippen LogP contribution is -2.12. The lowest BCUT2D eigenvalue weighted by atomic mass is 10.1. The van der Waals surface area contributed by atoms with Crippen LogP contribution in [0, 0.1) is 0 Å². The summed E-state index contributed by atoms with van der Waals surface area (Å²) in [5, 5.41) is 2.85. The average molecular weight is 423 g/mol. The molecule has 1 amide bonds. The van der Waals surface area contributed by atoms with Gasteiger partial charge in [-0.05, 0) is 67.6 Å². The second kappa shape index (κ2) is 10.2. The second-order valence-electron chi connectivity index (χ2n) is 6.40. The van der Waals surface area contributed by atoms with Crippen molar-refractivity contribution < 1.29 is 28.5 Å². The fourth-order valence-electron chi connectivity index (χ4n) is 2.93. The minimum absolute atomic E-state index is 0.306. The van der Waals surface area contributed by atoms with Gasteiger partial charge in [0.05, 0.1) is 27.9 Å². The summed E-state index contributed by atoms with van der Waals surface area (Å²) in [6, 6.07) is 17.7. The molecule has 0 saturated heterocycles. The minimum Gasteiger partial charge on any atom is -0.494 e. The van der Waals surface area contributed by atoms with Crippen molar-refractivity contribution in [1.29, 1.82) is 0 Å². The third-order valence-corrected chi connectivity index (χ3v) is 4.41. The molecule has 0 bridgehead atoms. The van der Waals surface area contributed by atoms with Gasteiger partial charge in [-0.25, -0.2) is 0 Å².